The molecule has 11 rings (SSSR count). The third kappa shape index (κ3) is 5.34. The summed E-state index contributed by atoms with van der Waals surface area (Å²) in [6, 6.07) is 76.5. The maximum Gasteiger partial charge on any atom is 0.143 e. The molecule has 0 aliphatic heterocycles. The lowest BCUT2D eigenvalue weighted by Crippen LogP contribution is -2.10. The largest absolute Gasteiger partial charge is 0.455 e. The highest BCUT2D eigenvalue weighted by Gasteiger charge is 2.17. The summed E-state index contributed by atoms with van der Waals surface area (Å²) in [4.78, 5) is 2.37. The van der Waals surface area contributed by atoms with Crippen LogP contribution in [0.1, 0.15) is 0 Å². The summed E-state index contributed by atoms with van der Waals surface area (Å²) >= 11 is 0. The monoisotopic (exact) mass is 713 g/mol. The summed E-state index contributed by atoms with van der Waals surface area (Å²) in [6.45, 7) is 0. The SMILES string of the molecule is c1cc(-c2cc3ccccc3c3ccccc23)cc(N(c2ccc(-c3cccc4ccccc34)cc2)c2ccc(-c3cccc4c3oc3ccccc34)cc2)c1. The van der Waals surface area contributed by atoms with E-state index in [-0.39, 0.29) is 0 Å². The van der Waals surface area contributed by atoms with Crippen LogP contribution in [0.15, 0.2) is 217 Å². The number of furan rings is 1. The molecule has 0 aliphatic carbocycles. The summed E-state index contributed by atoms with van der Waals surface area (Å²) < 4.78 is 6.43. The van der Waals surface area contributed by atoms with Gasteiger partial charge in [-0.25, -0.2) is 0 Å². The van der Waals surface area contributed by atoms with Crippen molar-refractivity contribution in [1.82, 2.24) is 0 Å². The minimum absolute atomic E-state index is 0.906. The molecule has 11 aromatic rings. The van der Waals surface area contributed by atoms with E-state index in [1.807, 2.05) is 12.1 Å². The fraction of sp³-hybridized carbons (Fsp3) is 0. The maximum atomic E-state index is 6.43. The minimum atomic E-state index is 0.906. The molecular weight excluding hydrogens is 679 g/mol. The molecule has 2 nitrogen and oxygen atoms in total. The number of rotatable bonds is 6. The lowest BCUT2D eigenvalue weighted by Gasteiger charge is -2.26. The van der Waals surface area contributed by atoms with E-state index in [0.717, 1.165) is 50.1 Å². The summed E-state index contributed by atoms with van der Waals surface area (Å²) in [6.07, 6.45) is 0. The maximum absolute atomic E-state index is 6.43. The van der Waals surface area contributed by atoms with Crippen molar-refractivity contribution in [1.29, 1.82) is 0 Å². The normalized spacial score (nSPS) is 11.6. The third-order valence-corrected chi connectivity index (χ3v) is 11.3. The van der Waals surface area contributed by atoms with Gasteiger partial charge >= 0.3 is 0 Å². The number of benzene rings is 10. The van der Waals surface area contributed by atoms with Crippen molar-refractivity contribution in [2.24, 2.45) is 0 Å². The molecule has 0 spiro atoms. The van der Waals surface area contributed by atoms with Crippen molar-refractivity contribution in [2.45, 2.75) is 0 Å². The van der Waals surface area contributed by atoms with Crippen LogP contribution in [0.25, 0.3) is 87.6 Å². The molecule has 2 heteroatoms. The molecule has 0 saturated carbocycles. The van der Waals surface area contributed by atoms with Gasteiger partial charge in [0.1, 0.15) is 11.2 Å². The van der Waals surface area contributed by atoms with E-state index in [9.17, 15) is 0 Å². The average Bonchev–Trinajstić information content (AvgIpc) is 3.66. The Kier molecular flexibility index (Phi) is 7.53. The summed E-state index contributed by atoms with van der Waals surface area (Å²) in [5.74, 6) is 0. The van der Waals surface area contributed by atoms with Crippen LogP contribution in [0.3, 0.4) is 0 Å². The van der Waals surface area contributed by atoms with E-state index in [1.54, 1.807) is 0 Å². The molecule has 0 aliphatic rings. The van der Waals surface area contributed by atoms with Gasteiger partial charge in [-0.05, 0) is 109 Å². The number of hydrogen-bond donors (Lipinski definition) is 0. The van der Waals surface area contributed by atoms with E-state index >= 15 is 0 Å². The summed E-state index contributed by atoms with van der Waals surface area (Å²) in [5.41, 5.74) is 12.1. The highest BCUT2D eigenvalue weighted by molar-refractivity contribution is 6.14. The number of anilines is 3. The molecule has 262 valence electrons. The van der Waals surface area contributed by atoms with Crippen molar-refractivity contribution < 1.29 is 4.42 Å². The van der Waals surface area contributed by atoms with Gasteiger partial charge in [0.2, 0.25) is 0 Å². The van der Waals surface area contributed by atoms with Crippen molar-refractivity contribution in [3.8, 4) is 33.4 Å². The molecule has 0 saturated heterocycles. The minimum Gasteiger partial charge on any atom is -0.455 e. The Labute approximate surface area is 325 Å². The van der Waals surface area contributed by atoms with Crippen LogP contribution >= 0.6 is 0 Å². The number of para-hydroxylation sites is 2. The third-order valence-electron chi connectivity index (χ3n) is 11.3. The Bertz CT molecular complexity index is 3240. The Hall–Kier alpha value is -7.42. The van der Waals surface area contributed by atoms with Crippen LogP contribution in [0.2, 0.25) is 0 Å². The molecular formula is C54H35NO. The Morgan fingerprint density at radius 3 is 1.62 bits per heavy atom. The zero-order valence-electron chi connectivity index (χ0n) is 30.6. The van der Waals surface area contributed by atoms with Crippen LogP contribution in [0.4, 0.5) is 17.1 Å². The first kappa shape index (κ1) is 32.0. The van der Waals surface area contributed by atoms with Crippen molar-refractivity contribution >= 4 is 71.3 Å². The fourth-order valence-corrected chi connectivity index (χ4v) is 8.58. The van der Waals surface area contributed by atoms with E-state index in [4.69, 9.17) is 4.42 Å². The molecule has 0 unspecified atom stereocenters. The summed E-state index contributed by atoms with van der Waals surface area (Å²) in [5, 5.41) is 9.79. The number of nitrogens with zero attached hydrogens (tertiary/aromatic N) is 1. The van der Waals surface area contributed by atoms with Gasteiger partial charge in [-0.3, -0.25) is 0 Å². The molecule has 1 aromatic heterocycles. The van der Waals surface area contributed by atoms with Gasteiger partial charge < -0.3 is 9.32 Å². The lowest BCUT2D eigenvalue weighted by atomic mass is 9.93. The quantitative estimate of drug-likeness (QED) is 0.160. The number of hydrogen-bond acceptors (Lipinski definition) is 2. The van der Waals surface area contributed by atoms with Gasteiger partial charge in [0.25, 0.3) is 0 Å². The predicted octanol–water partition coefficient (Wildman–Crippen LogP) is 15.5. The zero-order valence-corrected chi connectivity index (χ0v) is 30.6. The second-order valence-electron chi connectivity index (χ2n) is 14.5. The molecule has 0 fully saturated rings. The standard InChI is InChI=1S/C54H35NO/c1-3-17-44-36(12-1)14-10-22-45(44)37-26-30-41(31-27-37)55(42-32-28-38(29-33-42)47-23-11-24-51-50-21-7-8-25-53(50)56-54(47)51)43-16-9-15-39(34-43)52-35-40-13-2-4-18-46(40)48-19-5-6-20-49(48)52/h1-35H. The summed E-state index contributed by atoms with van der Waals surface area (Å²) in [7, 11) is 0. The lowest BCUT2D eigenvalue weighted by molar-refractivity contribution is 0.670. The highest BCUT2D eigenvalue weighted by atomic mass is 16.3. The second kappa shape index (κ2) is 13.2. The predicted molar refractivity (Wildman–Crippen MR) is 237 cm³/mol. The van der Waals surface area contributed by atoms with Crippen LogP contribution in [-0.4, -0.2) is 0 Å². The van der Waals surface area contributed by atoms with Crippen molar-refractivity contribution in [3.05, 3.63) is 212 Å². The smallest absolute Gasteiger partial charge is 0.143 e. The molecule has 10 aromatic carbocycles. The molecule has 56 heavy (non-hydrogen) atoms. The highest BCUT2D eigenvalue weighted by Crippen LogP contribution is 2.42. The molecule has 0 amide bonds. The Balaban J connectivity index is 1.05. The van der Waals surface area contributed by atoms with Crippen LogP contribution in [-0.2, 0) is 0 Å². The van der Waals surface area contributed by atoms with Gasteiger partial charge in [0, 0.05) is 33.4 Å². The van der Waals surface area contributed by atoms with Crippen LogP contribution in [0, 0.1) is 0 Å². The van der Waals surface area contributed by atoms with Gasteiger partial charge in [-0.2, -0.15) is 0 Å². The first-order valence-corrected chi connectivity index (χ1v) is 19.2. The van der Waals surface area contributed by atoms with Gasteiger partial charge in [0.15, 0.2) is 0 Å². The molecule has 0 atom stereocenters. The second-order valence-corrected chi connectivity index (χ2v) is 14.5. The topological polar surface area (TPSA) is 16.4 Å². The molecule has 0 radical (unpaired) electrons. The number of fused-ring (bicyclic) bond motifs is 7. The van der Waals surface area contributed by atoms with Gasteiger partial charge in [0.05, 0.1) is 0 Å². The van der Waals surface area contributed by atoms with E-state index in [1.165, 1.54) is 54.6 Å². The van der Waals surface area contributed by atoms with Gasteiger partial charge in [-0.1, -0.05) is 164 Å². The fourth-order valence-electron chi connectivity index (χ4n) is 8.58. The van der Waals surface area contributed by atoms with Gasteiger partial charge in [-0.15, -0.1) is 0 Å². The van der Waals surface area contributed by atoms with Crippen molar-refractivity contribution in [3.63, 3.8) is 0 Å². The molecule has 1 heterocycles. The molecule has 0 bridgehead atoms. The van der Waals surface area contributed by atoms with Crippen molar-refractivity contribution in [2.75, 3.05) is 4.90 Å². The van der Waals surface area contributed by atoms with E-state index in [2.05, 4.69) is 205 Å². The van der Waals surface area contributed by atoms with Crippen LogP contribution < -0.4 is 4.90 Å². The Morgan fingerprint density at radius 1 is 0.286 bits per heavy atom. The van der Waals surface area contributed by atoms with Crippen LogP contribution in [0.5, 0.6) is 0 Å². The average molecular weight is 714 g/mol. The molecule has 0 N–H and O–H groups in total. The first-order valence-electron chi connectivity index (χ1n) is 19.2. The first-order chi connectivity index (χ1) is 27.8. The van der Waals surface area contributed by atoms with E-state index < -0.39 is 0 Å². The Morgan fingerprint density at radius 2 is 0.839 bits per heavy atom. The zero-order chi connectivity index (χ0) is 37.0. The van der Waals surface area contributed by atoms with E-state index in [0.29, 0.717) is 0 Å².